The molecule has 0 radical (unpaired) electrons. The molecule has 1 aliphatic rings. The number of hydrogen-bond acceptors (Lipinski definition) is 6. The molecule has 8 heteroatoms. The number of aliphatic hydroxyl groups excluding tert-OH is 1. The summed E-state index contributed by atoms with van der Waals surface area (Å²) in [6, 6.07) is 20.3. The molecule has 1 fully saturated rings. The zero-order valence-corrected chi connectivity index (χ0v) is 20.8. The van der Waals surface area contributed by atoms with Gasteiger partial charge in [0.1, 0.15) is 0 Å². The number of piperazine rings is 1. The van der Waals surface area contributed by atoms with Crippen LogP contribution in [0.3, 0.4) is 0 Å². The molecular formula is C28H33N5O3. The van der Waals surface area contributed by atoms with Crippen molar-refractivity contribution in [1.29, 1.82) is 0 Å². The molecule has 1 saturated heterocycles. The van der Waals surface area contributed by atoms with Gasteiger partial charge in [-0.3, -0.25) is 9.59 Å². The lowest BCUT2D eigenvalue weighted by Gasteiger charge is -2.36. The number of carbonyl (C=O) groups is 2. The largest absolute Gasteiger partial charge is 0.395 e. The summed E-state index contributed by atoms with van der Waals surface area (Å²) in [6.07, 6.45) is 1.79. The maximum atomic E-state index is 13.1. The summed E-state index contributed by atoms with van der Waals surface area (Å²) in [7, 11) is 0. The quantitative estimate of drug-likeness (QED) is 0.506. The van der Waals surface area contributed by atoms with Gasteiger partial charge >= 0.3 is 0 Å². The van der Waals surface area contributed by atoms with Gasteiger partial charge in [0.15, 0.2) is 5.82 Å². The Kier molecular flexibility index (Phi) is 8.17. The van der Waals surface area contributed by atoms with Gasteiger partial charge in [0.25, 0.3) is 11.8 Å². The van der Waals surface area contributed by atoms with Crippen LogP contribution in [-0.2, 0) is 0 Å². The lowest BCUT2D eigenvalue weighted by Crippen LogP contribution is -2.49. The van der Waals surface area contributed by atoms with E-state index in [0.717, 1.165) is 11.5 Å². The van der Waals surface area contributed by atoms with Gasteiger partial charge in [-0.15, -0.1) is 0 Å². The summed E-state index contributed by atoms with van der Waals surface area (Å²) >= 11 is 0. The number of amides is 2. The number of carbonyl (C=O) groups excluding carboxylic acids is 2. The third-order valence-corrected chi connectivity index (χ3v) is 6.11. The smallest absolute Gasteiger partial charge is 0.258 e. The molecule has 2 N–H and O–H groups in total. The fourth-order valence-corrected chi connectivity index (χ4v) is 4.34. The maximum Gasteiger partial charge on any atom is 0.258 e. The van der Waals surface area contributed by atoms with E-state index in [4.69, 9.17) is 0 Å². The Hall–Kier alpha value is -3.91. The van der Waals surface area contributed by atoms with Crippen molar-refractivity contribution in [3.63, 3.8) is 0 Å². The highest BCUT2D eigenvalue weighted by Crippen LogP contribution is 2.25. The highest BCUT2D eigenvalue weighted by Gasteiger charge is 2.25. The van der Waals surface area contributed by atoms with Crippen molar-refractivity contribution in [3.8, 4) is 0 Å². The first-order chi connectivity index (χ1) is 17.5. The fraction of sp³-hybridized carbons (Fsp3) is 0.321. The molecule has 0 aliphatic carbocycles. The molecular weight excluding hydrogens is 454 g/mol. The van der Waals surface area contributed by atoms with Gasteiger partial charge in [0, 0.05) is 61.8 Å². The molecule has 1 aromatic heterocycles. The lowest BCUT2D eigenvalue weighted by molar-refractivity contribution is 0.0746. The topological polar surface area (TPSA) is 89.0 Å². The van der Waals surface area contributed by atoms with E-state index in [1.165, 1.54) is 4.90 Å². The molecule has 3 aromatic rings. The Labute approximate surface area is 212 Å². The van der Waals surface area contributed by atoms with Crippen LogP contribution in [-0.4, -0.2) is 72.2 Å². The summed E-state index contributed by atoms with van der Waals surface area (Å²) in [5.41, 5.74) is 2.73. The number of anilines is 3. The summed E-state index contributed by atoms with van der Waals surface area (Å²) in [5, 5.41) is 12.9. The van der Waals surface area contributed by atoms with Crippen molar-refractivity contribution >= 4 is 29.0 Å². The molecule has 188 valence electrons. The third-order valence-electron chi connectivity index (χ3n) is 6.11. The lowest BCUT2D eigenvalue weighted by atomic mass is 10.1. The highest BCUT2D eigenvalue weighted by atomic mass is 16.3. The average Bonchev–Trinajstić information content (AvgIpc) is 2.92. The molecule has 0 bridgehead atoms. The highest BCUT2D eigenvalue weighted by molar-refractivity contribution is 6.06. The molecule has 0 saturated carbocycles. The SMILES string of the molecule is CC(C)Nc1cccnc1N1CCN(C(=O)c2ccc(C(=O)N(CCO)c3ccccc3)cc2)CC1. The second-order valence-corrected chi connectivity index (χ2v) is 9.05. The van der Waals surface area contributed by atoms with Gasteiger partial charge in [-0.2, -0.15) is 0 Å². The van der Waals surface area contributed by atoms with E-state index in [2.05, 4.69) is 29.0 Å². The normalized spacial score (nSPS) is 13.6. The first-order valence-corrected chi connectivity index (χ1v) is 12.3. The zero-order valence-electron chi connectivity index (χ0n) is 20.8. The van der Waals surface area contributed by atoms with Crippen LogP contribution < -0.4 is 15.1 Å². The van der Waals surface area contributed by atoms with Crippen LogP contribution in [0.15, 0.2) is 72.9 Å². The molecule has 0 spiro atoms. The Morgan fingerprint density at radius 2 is 1.61 bits per heavy atom. The van der Waals surface area contributed by atoms with E-state index in [9.17, 15) is 14.7 Å². The number of benzene rings is 2. The molecule has 8 nitrogen and oxygen atoms in total. The van der Waals surface area contributed by atoms with Crippen molar-refractivity contribution in [3.05, 3.63) is 84.1 Å². The number of hydrogen-bond donors (Lipinski definition) is 2. The number of aromatic nitrogens is 1. The van der Waals surface area contributed by atoms with Crippen LogP contribution in [0.25, 0.3) is 0 Å². The Morgan fingerprint density at radius 1 is 0.944 bits per heavy atom. The molecule has 0 unspecified atom stereocenters. The van der Waals surface area contributed by atoms with E-state index >= 15 is 0 Å². The van der Waals surface area contributed by atoms with Crippen molar-refractivity contribution < 1.29 is 14.7 Å². The summed E-state index contributed by atoms with van der Waals surface area (Å²) in [5.74, 6) is 0.640. The van der Waals surface area contributed by atoms with Gasteiger partial charge in [-0.05, 0) is 62.4 Å². The van der Waals surface area contributed by atoms with Crippen LogP contribution in [0, 0.1) is 0 Å². The summed E-state index contributed by atoms with van der Waals surface area (Å²) in [6.45, 7) is 6.81. The van der Waals surface area contributed by atoms with E-state index in [-0.39, 0.29) is 25.0 Å². The van der Waals surface area contributed by atoms with Gasteiger partial charge < -0.3 is 25.1 Å². The molecule has 2 amide bonds. The van der Waals surface area contributed by atoms with Crippen molar-refractivity contribution in [2.45, 2.75) is 19.9 Å². The third kappa shape index (κ3) is 5.83. The standard InChI is InChI=1S/C28H33N5O3/c1-21(2)30-25-9-6-14-29-26(25)31-15-17-32(18-16-31)27(35)22-10-12-23(13-11-22)28(36)33(19-20-34)24-7-4-3-5-8-24/h3-14,21,30,34H,15-20H2,1-2H3. The van der Waals surface area contributed by atoms with Crippen LogP contribution >= 0.6 is 0 Å². The molecule has 4 rings (SSSR count). The minimum absolute atomic E-state index is 0.0505. The first kappa shape index (κ1) is 25.2. The second-order valence-electron chi connectivity index (χ2n) is 9.05. The molecule has 0 atom stereocenters. The van der Waals surface area contributed by atoms with Crippen LogP contribution in [0.5, 0.6) is 0 Å². The van der Waals surface area contributed by atoms with E-state index in [0.29, 0.717) is 49.0 Å². The Bertz CT molecular complexity index is 1160. The van der Waals surface area contributed by atoms with Crippen LogP contribution in [0.1, 0.15) is 34.6 Å². The number of nitrogens with zero attached hydrogens (tertiary/aromatic N) is 4. The zero-order chi connectivity index (χ0) is 25.5. The minimum Gasteiger partial charge on any atom is -0.395 e. The second kappa shape index (κ2) is 11.7. The van der Waals surface area contributed by atoms with Crippen molar-refractivity contribution in [1.82, 2.24) is 9.88 Å². The average molecular weight is 488 g/mol. The van der Waals surface area contributed by atoms with Gasteiger partial charge in [-0.1, -0.05) is 18.2 Å². The van der Waals surface area contributed by atoms with Crippen LogP contribution in [0.2, 0.25) is 0 Å². The Balaban J connectivity index is 1.40. The number of pyridine rings is 1. The van der Waals surface area contributed by atoms with E-state index < -0.39 is 0 Å². The molecule has 2 aromatic carbocycles. The van der Waals surface area contributed by atoms with Crippen molar-refractivity contribution in [2.75, 3.05) is 54.4 Å². The molecule has 2 heterocycles. The van der Waals surface area contributed by atoms with Crippen LogP contribution in [0.4, 0.5) is 17.2 Å². The predicted molar refractivity (Wildman–Crippen MR) is 143 cm³/mol. The molecule has 36 heavy (non-hydrogen) atoms. The first-order valence-electron chi connectivity index (χ1n) is 12.3. The summed E-state index contributed by atoms with van der Waals surface area (Å²) < 4.78 is 0. The fourth-order valence-electron chi connectivity index (χ4n) is 4.34. The summed E-state index contributed by atoms with van der Waals surface area (Å²) in [4.78, 5) is 36.4. The van der Waals surface area contributed by atoms with Crippen molar-refractivity contribution in [2.24, 2.45) is 0 Å². The van der Waals surface area contributed by atoms with E-state index in [1.807, 2.05) is 47.4 Å². The van der Waals surface area contributed by atoms with Gasteiger partial charge in [0.05, 0.1) is 12.3 Å². The number of rotatable bonds is 8. The number of aliphatic hydroxyl groups is 1. The van der Waals surface area contributed by atoms with E-state index in [1.54, 1.807) is 30.5 Å². The minimum atomic E-state index is -0.218. The number of nitrogens with one attached hydrogen (secondary N) is 1. The predicted octanol–water partition coefficient (Wildman–Crippen LogP) is 3.50. The maximum absolute atomic E-state index is 13.1. The molecule has 1 aliphatic heterocycles. The Morgan fingerprint density at radius 3 is 2.25 bits per heavy atom. The monoisotopic (exact) mass is 487 g/mol. The van der Waals surface area contributed by atoms with Gasteiger partial charge in [0.2, 0.25) is 0 Å². The number of para-hydroxylation sites is 1. The van der Waals surface area contributed by atoms with Gasteiger partial charge in [-0.25, -0.2) is 4.98 Å².